The number of carbonyl (C=O) groups is 2. The van der Waals surface area contributed by atoms with E-state index < -0.39 is 17.8 Å². The van der Waals surface area contributed by atoms with Gasteiger partial charge in [-0.25, -0.2) is 0 Å². The molecule has 0 bridgehead atoms. The van der Waals surface area contributed by atoms with Gasteiger partial charge in [0, 0.05) is 0 Å². The van der Waals surface area contributed by atoms with Crippen molar-refractivity contribution in [3.05, 3.63) is 0 Å². The maximum atomic E-state index is 11.8. The summed E-state index contributed by atoms with van der Waals surface area (Å²) in [7, 11) is 5.50. The third-order valence-corrected chi connectivity index (χ3v) is 11.6. The Morgan fingerprint density at radius 2 is 0.938 bits per heavy atom. The second kappa shape index (κ2) is 25.4. The zero-order valence-corrected chi connectivity index (χ0v) is 23.6. The van der Waals surface area contributed by atoms with Crippen LogP contribution in [-0.4, -0.2) is 95.8 Å². The van der Waals surface area contributed by atoms with Crippen molar-refractivity contribution in [1.29, 1.82) is 0 Å². The van der Waals surface area contributed by atoms with Gasteiger partial charge < -0.3 is 0 Å². The number of rotatable bonds is 24. The van der Waals surface area contributed by atoms with Crippen molar-refractivity contribution in [1.82, 2.24) is 0 Å². The Morgan fingerprint density at radius 1 is 0.594 bits per heavy atom. The predicted molar refractivity (Wildman–Crippen MR) is 127 cm³/mol. The van der Waals surface area contributed by atoms with Gasteiger partial charge in [-0.05, 0) is 0 Å². The van der Waals surface area contributed by atoms with E-state index in [9.17, 15) is 9.59 Å². The van der Waals surface area contributed by atoms with Gasteiger partial charge in [0.15, 0.2) is 0 Å². The predicted octanol–water partition coefficient (Wildman–Crippen LogP) is 3.71. The Bertz CT molecular complexity index is 439. The molecule has 0 saturated heterocycles. The Balaban J connectivity index is 3.46. The second-order valence-corrected chi connectivity index (χ2v) is 16.9. The number of carbonyl (C=O) groups excluding carboxylic acids is 2. The Kier molecular flexibility index (Phi) is 25.3. The van der Waals surface area contributed by atoms with Crippen LogP contribution in [0.3, 0.4) is 0 Å². The summed E-state index contributed by atoms with van der Waals surface area (Å²) in [4.78, 5) is 23.5. The van der Waals surface area contributed by atoms with Crippen molar-refractivity contribution in [2.75, 3.05) is 66.1 Å². The molecule has 0 spiro atoms. The van der Waals surface area contributed by atoms with E-state index in [1.807, 2.05) is 0 Å². The molecule has 0 aliphatic rings. The first-order valence-electron chi connectivity index (χ1n) is 11.7. The molecule has 0 saturated carbocycles. The molecule has 0 atom stereocenters. The number of hydrogen-bond acceptors (Lipinski definition) is 9. The van der Waals surface area contributed by atoms with Crippen LogP contribution in [0.1, 0.15) is 52.4 Å². The van der Waals surface area contributed by atoms with E-state index in [2.05, 4.69) is 13.8 Å². The molecular weight excluding hydrogens is 543 g/mol. The summed E-state index contributed by atoms with van der Waals surface area (Å²) in [5, 5.41) is 0. The molecular formula is C22H42O8SSn. The molecule has 8 nitrogen and oxygen atoms in total. The molecule has 0 fully saturated rings. The van der Waals surface area contributed by atoms with Gasteiger partial charge >= 0.3 is 178 Å². The van der Waals surface area contributed by atoms with E-state index in [0.717, 1.165) is 38.9 Å². The van der Waals surface area contributed by atoms with Crippen LogP contribution in [0.4, 0.5) is 0 Å². The summed E-state index contributed by atoms with van der Waals surface area (Å²) < 4.78 is 33.1. The average Bonchev–Trinajstić information content (AvgIpc) is 2.79. The van der Waals surface area contributed by atoms with E-state index >= 15 is 0 Å². The van der Waals surface area contributed by atoms with Crippen LogP contribution in [0.2, 0.25) is 8.87 Å². The quantitative estimate of drug-likeness (QED) is 0.0956. The minimum atomic E-state index is -2.14. The summed E-state index contributed by atoms with van der Waals surface area (Å²) in [6, 6.07) is 0. The van der Waals surface area contributed by atoms with Crippen LogP contribution in [0.15, 0.2) is 0 Å². The van der Waals surface area contributed by atoms with Gasteiger partial charge in [-0.2, -0.15) is 0 Å². The number of ether oxygens (including phenoxy) is 6. The maximum absolute atomic E-state index is 11.8. The van der Waals surface area contributed by atoms with Crippen molar-refractivity contribution in [3.63, 3.8) is 0 Å². The minimum Gasteiger partial charge on any atom is -0.0653 e. The first-order valence-corrected chi connectivity index (χ1v) is 19.7. The van der Waals surface area contributed by atoms with Gasteiger partial charge in [0.1, 0.15) is 0 Å². The van der Waals surface area contributed by atoms with E-state index in [1.165, 1.54) is 0 Å². The minimum absolute atomic E-state index is 0.239. The van der Waals surface area contributed by atoms with Crippen LogP contribution in [0.5, 0.6) is 0 Å². The number of hydrogen-bond donors (Lipinski definition) is 0. The zero-order chi connectivity index (χ0) is 23.7. The van der Waals surface area contributed by atoms with Crippen LogP contribution in [-0.2, 0) is 38.0 Å². The fourth-order valence-electron chi connectivity index (χ4n) is 2.32. The summed E-state index contributed by atoms with van der Waals surface area (Å²) in [5.41, 5.74) is 0. The van der Waals surface area contributed by atoms with Gasteiger partial charge in [0.25, 0.3) is 0 Å². The standard InChI is InChI=1S/2C11H21O4.S.Sn/c2*1-3-5-6-13-7-8-14-9-10-15-11(12)4-2;;/h2*2-10H2,1H3;;. The Hall–Kier alpha value is -0.201. The Morgan fingerprint density at radius 3 is 1.31 bits per heavy atom. The van der Waals surface area contributed by atoms with Crippen molar-refractivity contribution in [2.45, 2.75) is 61.2 Å². The second-order valence-electron chi connectivity index (χ2n) is 7.14. The molecule has 0 aromatic carbocycles. The summed E-state index contributed by atoms with van der Waals surface area (Å²) >= 11 is -2.14. The summed E-state index contributed by atoms with van der Waals surface area (Å²) in [6.45, 7) is 9.07. The normalized spacial score (nSPS) is 10.8. The third-order valence-electron chi connectivity index (χ3n) is 4.23. The molecule has 0 amide bonds. The van der Waals surface area contributed by atoms with Crippen molar-refractivity contribution in [2.24, 2.45) is 0 Å². The van der Waals surface area contributed by atoms with Crippen LogP contribution in [0.25, 0.3) is 0 Å². The fourth-order valence-corrected chi connectivity index (χ4v) is 7.16. The molecule has 188 valence electrons. The van der Waals surface area contributed by atoms with E-state index in [4.69, 9.17) is 37.7 Å². The monoisotopic (exact) mass is 586 g/mol. The van der Waals surface area contributed by atoms with Crippen LogP contribution < -0.4 is 0 Å². The first-order chi connectivity index (χ1) is 15.6. The fraction of sp³-hybridized carbons (Fsp3) is 0.909. The van der Waals surface area contributed by atoms with E-state index in [0.29, 0.717) is 61.4 Å². The summed E-state index contributed by atoms with van der Waals surface area (Å²) in [6.07, 6.45) is 4.97. The molecule has 0 radical (unpaired) electrons. The van der Waals surface area contributed by atoms with Crippen molar-refractivity contribution < 1.29 is 38.0 Å². The van der Waals surface area contributed by atoms with Crippen LogP contribution >= 0.6 is 9.29 Å². The number of esters is 2. The van der Waals surface area contributed by atoms with Crippen LogP contribution in [0, 0.1) is 0 Å². The molecule has 0 aliphatic carbocycles. The van der Waals surface area contributed by atoms with Gasteiger partial charge in [-0.1, -0.05) is 26.7 Å². The molecule has 0 aromatic heterocycles. The molecule has 0 rings (SSSR count). The molecule has 0 unspecified atom stereocenters. The third kappa shape index (κ3) is 24.4. The summed E-state index contributed by atoms with van der Waals surface area (Å²) in [5.74, 6) is -0.511. The van der Waals surface area contributed by atoms with Gasteiger partial charge in [-0.15, -0.1) is 0 Å². The molecule has 0 N–H and O–H groups in total. The molecule has 0 heterocycles. The van der Waals surface area contributed by atoms with Gasteiger partial charge in [0.2, 0.25) is 0 Å². The van der Waals surface area contributed by atoms with E-state index in [1.54, 1.807) is 0 Å². The molecule has 0 aromatic rings. The number of unbranched alkanes of at least 4 members (excludes halogenated alkanes) is 2. The average molecular weight is 585 g/mol. The first kappa shape index (κ1) is 31.8. The van der Waals surface area contributed by atoms with Crippen molar-refractivity contribution in [3.8, 4) is 0 Å². The van der Waals surface area contributed by atoms with E-state index in [-0.39, 0.29) is 25.2 Å². The molecule has 0 aliphatic heterocycles. The molecule has 10 heteroatoms. The van der Waals surface area contributed by atoms with Crippen molar-refractivity contribution >= 4 is 39.0 Å². The van der Waals surface area contributed by atoms with Gasteiger partial charge in [0.05, 0.1) is 0 Å². The zero-order valence-electron chi connectivity index (χ0n) is 19.9. The smallest absolute Gasteiger partial charge is 0.0653 e. The van der Waals surface area contributed by atoms with Gasteiger partial charge in [-0.3, -0.25) is 0 Å². The SMILES string of the molecule is CCCCOCCOCCOC(=O)C[CH2][Sn](=[S])[CH2]CC(=O)OCCOCCOCCCC. The topological polar surface area (TPSA) is 89.5 Å². The Labute approximate surface area is 203 Å². The molecule has 32 heavy (non-hydrogen) atoms.